The Morgan fingerprint density at radius 2 is 1.85 bits per heavy atom. The fraction of sp³-hybridized carbons (Fsp3) is 0.286. The Balaban J connectivity index is 1.96. The molecule has 106 valence electrons. The van der Waals surface area contributed by atoms with E-state index in [9.17, 15) is 8.42 Å². The number of hydrogen-bond donors (Lipinski definition) is 0. The molecule has 0 fully saturated rings. The molecule has 3 nitrogen and oxygen atoms in total. The topological polar surface area (TPSA) is 37.4 Å². The van der Waals surface area contributed by atoms with Gasteiger partial charge in [0, 0.05) is 22.8 Å². The Bertz CT molecular complexity index is 727. The molecule has 3 rings (SSSR count). The van der Waals surface area contributed by atoms with Gasteiger partial charge in [0.25, 0.3) is 0 Å². The first kappa shape index (κ1) is 14.1. The van der Waals surface area contributed by atoms with Gasteiger partial charge in [0.15, 0.2) is 0 Å². The van der Waals surface area contributed by atoms with Gasteiger partial charge >= 0.3 is 0 Å². The van der Waals surface area contributed by atoms with Crippen LogP contribution in [0.5, 0.6) is 0 Å². The van der Waals surface area contributed by atoms with Crippen LogP contribution in [-0.4, -0.2) is 12.7 Å². The maximum Gasteiger partial charge on any atom is 0.244 e. The second kappa shape index (κ2) is 5.15. The van der Waals surface area contributed by atoms with Gasteiger partial charge in [-0.2, -0.15) is 4.31 Å². The lowest BCUT2D eigenvalue weighted by Crippen LogP contribution is -2.25. The van der Waals surface area contributed by atoms with Crippen molar-refractivity contribution < 1.29 is 8.42 Å². The number of nitrogens with zero attached hydrogens (tertiary/aromatic N) is 1. The molecule has 2 aromatic rings. The Labute approximate surface area is 127 Å². The first-order chi connectivity index (χ1) is 9.52. The van der Waals surface area contributed by atoms with Crippen molar-refractivity contribution >= 4 is 33.0 Å². The van der Waals surface area contributed by atoms with Crippen molar-refractivity contribution in [1.29, 1.82) is 0 Å². The van der Waals surface area contributed by atoms with E-state index in [1.807, 2.05) is 31.2 Å². The summed E-state index contributed by atoms with van der Waals surface area (Å²) < 4.78 is 27.0. The van der Waals surface area contributed by atoms with Gasteiger partial charge in [0.1, 0.15) is 0 Å². The average Bonchev–Trinajstić information content (AvgIpc) is 3.02. The normalized spacial score (nSPS) is 15.5. The van der Waals surface area contributed by atoms with Gasteiger partial charge in [-0.1, -0.05) is 24.3 Å². The molecule has 0 saturated carbocycles. The van der Waals surface area contributed by atoms with Gasteiger partial charge in [0.2, 0.25) is 10.0 Å². The minimum absolute atomic E-state index is 0.348. The van der Waals surface area contributed by atoms with E-state index in [0.29, 0.717) is 23.9 Å². The standard InChI is InChI=1S/C14H14ClNO2S2/c1-10-14(6-13(7-15)19-10)20(17,18)16-8-11-4-2-3-5-12(11)9-16/h2-6H,7-9H2,1H3. The SMILES string of the molecule is Cc1sc(CCl)cc1S(=O)(=O)N1Cc2ccccc2C1. The van der Waals surface area contributed by atoms with Crippen LogP contribution in [0.3, 0.4) is 0 Å². The van der Waals surface area contributed by atoms with Gasteiger partial charge in [-0.25, -0.2) is 8.42 Å². The molecule has 0 bridgehead atoms. The summed E-state index contributed by atoms with van der Waals surface area (Å²) in [5, 5.41) is 0. The van der Waals surface area contributed by atoms with E-state index in [0.717, 1.165) is 20.9 Å². The van der Waals surface area contributed by atoms with E-state index in [2.05, 4.69) is 0 Å². The summed E-state index contributed by atoms with van der Waals surface area (Å²) >= 11 is 7.24. The molecule has 0 unspecified atom stereocenters. The number of rotatable bonds is 3. The zero-order chi connectivity index (χ0) is 14.3. The lowest BCUT2D eigenvalue weighted by molar-refractivity contribution is 0.431. The van der Waals surface area contributed by atoms with Gasteiger partial charge in [-0.15, -0.1) is 22.9 Å². The highest BCUT2D eigenvalue weighted by molar-refractivity contribution is 7.89. The quantitative estimate of drug-likeness (QED) is 0.809. The van der Waals surface area contributed by atoms with Gasteiger partial charge in [-0.3, -0.25) is 0 Å². The molecular weight excluding hydrogens is 314 g/mol. The number of alkyl halides is 1. The third-order valence-electron chi connectivity index (χ3n) is 3.48. The van der Waals surface area contributed by atoms with E-state index in [-0.39, 0.29) is 0 Å². The predicted molar refractivity (Wildman–Crippen MR) is 81.5 cm³/mol. The van der Waals surface area contributed by atoms with Crippen molar-refractivity contribution in [2.45, 2.75) is 30.8 Å². The number of hydrogen-bond acceptors (Lipinski definition) is 3. The molecule has 6 heteroatoms. The third-order valence-corrected chi connectivity index (χ3v) is 7.03. The summed E-state index contributed by atoms with van der Waals surface area (Å²) in [5.41, 5.74) is 2.17. The molecule has 0 amide bonds. The van der Waals surface area contributed by atoms with Crippen LogP contribution in [0.15, 0.2) is 35.2 Å². The summed E-state index contributed by atoms with van der Waals surface area (Å²) in [6.45, 7) is 2.73. The Morgan fingerprint density at radius 1 is 1.25 bits per heavy atom. The molecule has 2 heterocycles. The zero-order valence-electron chi connectivity index (χ0n) is 11.0. The highest BCUT2D eigenvalue weighted by Gasteiger charge is 2.32. The average molecular weight is 328 g/mol. The second-order valence-electron chi connectivity index (χ2n) is 4.81. The molecule has 1 aromatic carbocycles. The van der Waals surface area contributed by atoms with Gasteiger partial charge in [-0.05, 0) is 24.1 Å². The smallest absolute Gasteiger partial charge is 0.207 e. The predicted octanol–water partition coefficient (Wildman–Crippen LogP) is 3.50. The van der Waals surface area contributed by atoms with Crippen molar-refractivity contribution in [3.63, 3.8) is 0 Å². The molecule has 0 saturated heterocycles. The first-order valence-electron chi connectivity index (χ1n) is 6.24. The number of benzene rings is 1. The second-order valence-corrected chi connectivity index (χ2v) is 8.32. The summed E-state index contributed by atoms with van der Waals surface area (Å²) in [7, 11) is -3.44. The molecule has 0 radical (unpaired) electrons. The van der Waals surface area contributed by atoms with Crippen LogP contribution in [0.4, 0.5) is 0 Å². The number of halogens is 1. The zero-order valence-corrected chi connectivity index (χ0v) is 13.4. The molecular formula is C14H14ClNO2S2. The van der Waals surface area contributed by atoms with Gasteiger partial charge in [0.05, 0.1) is 10.8 Å². The fourth-order valence-electron chi connectivity index (χ4n) is 2.46. The number of thiophene rings is 1. The van der Waals surface area contributed by atoms with E-state index in [4.69, 9.17) is 11.6 Å². The molecule has 0 N–H and O–H groups in total. The van der Waals surface area contributed by atoms with E-state index >= 15 is 0 Å². The number of aryl methyl sites for hydroxylation is 1. The van der Waals surface area contributed by atoms with Crippen molar-refractivity contribution in [3.8, 4) is 0 Å². The molecule has 20 heavy (non-hydrogen) atoms. The summed E-state index contributed by atoms with van der Waals surface area (Å²) in [6.07, 6.45) is 0. The van der Waals surface area contributed by atoms with Crippen molar-refractivity contribution in [1.82, 2.24) is 4.31 Å². The highest BCUT2D eigenvalue weighted by atomic mass is 35.5. The number of sulfonamides is 1. The Hall–Kier alpha value is -0.880. The maximum atomic E-state index is 12.7. The van der Waals surface area contributed by atoms with E-state index in [1.54, 1.807) is 6.07 Å². The molecule has 0 atom stereocenters. The molecule has 1 aromatic heterocycles. The molecule has 1 aliphatic rings. The van der Waals surface area contributed by atoms with Crippen LogP contribution in [0.25, 0.3) is 0 Å². The fourth-order valence-corrected chi connectivity index (χ4v) is 5.55. The number of fused-ring (bicyclic) bond motifs is 1. The molecule has 1 aliphatic heterocycles. The first-order valence-corrected chi connectivity index (χ1v) is 9.03. The summed E-state index contributed by atoms with van der Waals surface area (Å²) in [5.74, 6) is 0.348. The Kier molecular flexibility index (Phi) is 3.62. The lowest BCUT2D eigenvalue weighted by atomic mass is 10.1. The van der Waals surface area contributed by atoms with Crippen molar-refractivity contribution in [3.05, 3.63) is 51.2 Å². The monoisotopic (exact) mass is 327 g/mol. The van der Waals surface area contributed by atoms with Crippen LogP contribution in [-0.2, 0) is 29.0 Å². The minimum atomic E-state index is -3.44. The molecule has 0 aliphatic carbocycles. The van der Waals surface area contributed by atoms with Crippen LogP contribution in [0.2, 0.25) is 0 Å². The maximum absolute atomic E-state index is 12.7. The minimum Gasteiger partial charge on any atom is -0.207 e. The van der Waals surface area contributed by atoms with E-state index < -0.39 is 10.0 Å². The molecule has 0 spiro atoms. The van der Waals surface area contributed by atoms with Crippen LogP contribution in [0.1, 0.15) is 20.9 Å². The summed E-state index contributed by atoms with van der Waals surface area (Å²) in [4.78, 5) is 2.09. The largest absolute Gasteiger partial charge is 0.244 e. The van der Waals surface area contributed by atoms with E-state index in [1.165, 1.54) is 15.6 Å². The van der Waals surface area contributed by atoms with Crippen LogP contribution < -0.4 is 0 Å². The van der Waals surface area contributed by atoms with Crippen LogP contribution >= 0.6 is 22.9 Å². The van der Waals surface area contributed by atoms with Crippen molar-refractivity contribution in [2.75, 3.05) is 0 Å². The lowest BCUT2D eigenvalue weighted by Gasteiger charge is -2.15. The van der Waals surface area contributed by atoms with Gasteiger partial charge < -0.3 is 0 Å². The summed E-state index contributed by atoms with van der Waals surface area (Å²) in [6, 6.07) is 9.54. The highest BCUT2D eigenvalue weighted by Crippen LogP contribution is 2.33. The Morgan fingerprint density at radius 3 is 2.35 bits per heavy atom. The van der Waals surface area contributed by atoms with Crippen molar-refractivity contribution in [2.24, 2.45) is 0 Å². The van der Waals surface area contributed by atoms with Crippen LogP contribution in [0, 0.1) is 6.92 Å². The third kappa shape index (κ3) is 2.29.